The van der Waals surface area contributed by atoms with Gasteiger partial charge in [0, 0.05) is 6.54 Å². The van der Waals surface area contributed by atoms with E-state index in [-0.39, 0.29) is 12.3 Å². The SMILES string of the molecule is CC(N)S(=O)(=O)O.NCCS(=O)(=O)O. The van der Waals surface area contributed by atoms with Gasteiger partial charge in [-0.15, -0.1) is 0 Å². The molecule has 88 valence electrons. The van der Waals surface area contributed by atoms with Crippen molar-refractivity contribution in [3.63, 3.8) is 0 Å². The Labute approximate surface area is 82.8 Å². The first-order valence-corrected chi connectivity index (χ1v) is 6.49. The van der Waals surface area contributed by atoms with Crippen molar-refractivity contribution in [1.29, 1.82) is 0 Å². The molecule has 14 heavy (non-hydrogen) atoms. The lowest BCUT2D eigenvalue weighted by atomic mass is 10.8. The molecule has 0 heterocycles. The van der Waals surface area contributed by atoms with Gasteiger partial charge in [0.1, 0.15) is 5.37 Å². The molecule has 0 bridgehead atoms. The summed E-state index contributed by atoms with van der Waals surface area (Å²) in [7, 11) is -7.76. The summed E-state index contributed by atoms with van der Waals surface area (Å²) in [5, 5.41) is -1.17. The van der Waals surface area contributed by atoms with Crippen molar-refractivity contribution in [2.75, 3.05) is 12.3 Å². The zero-order valence-electron chi connectivity index (χ0n) is 7.49. The molecule has 0 spiro atoms. The fourth-order valence-electron chi connectivity index (χ4n) is 0.149. The lowest BCUT2D eigenvalue weighted by Gasteiger charge is -1.95. The minimum Gasteiger partial charge on any atom is -0.329 e. The van der Waals surface area contributed by atoms with Gasteiger partial charge >= 0.3 is 0 Å². The molecule has 6 N–H and O–H groups in total. The topological polar surface area (TPSA) is 161 Å². The van der Waals surface area contributed by atoms with Gasteiger partial charge < -0.3 is 11.5 Å². The van der Waals surface area contributed by atoms with Gasteiger partial charge in [-0.25, -0.2) is 0 Å². The smallest absolute Gasteiger partial charge is 0.280 e. The Hall–Kier alpha value is -0.260. The maximum atomic E-state index is 9.76. The summed E-state index contributed by atoms with van der Waals surface area (Å²) in [6.07, 6.45) is 0. The van der Waals surface area contributed by atoms with E-state index in [4.69, 9.17) is 20.6 Å². The third kappa shape index (κ3) is 14.3. The van der Waals surface area contributed by atoms with Crippen LogP contribution in [0.3, 0.4) is 0 Å². The first-order chi connectivity index (χ1) is 6.00. The zero-order valence-corrected chi connectivity index (χ0v) is 9.12. The van der Waals surface area contributed by atoms with Crippen molar-refractivity contribution < 1.29 is 25.9 Å². The summed E-state index contributed by atoms with van der Waals surface area (Å²) in [6.45, 7) is 1.16. The van der Waals surface area contributed by atoms with Crippen LogP contribution < -0.4 is 11.5 Å². The summed E-state index contributed by atoms with van der Waals surface area (Å²) in [5.41, 5.74) is 9.51. The van der Waals surface area contributed by atoms with E-state index in [9.17, 15) is 16.8 Å². The number of hydrogen-bond donors (Lipinski definition) is 4. The van der Waals surface area contributed by atoms with Gasteiger partial charge in [-0.2, -0.15) is 16.8 Å². The predicted octanol–water partition coefficient (Wildman–Crippen LogP) is -1.99. The molecule has 0 radical (unpaired) electrons. The number of rotatable bonds is 3. The van der Waals surface area contributed by atoms with Gasteiger partial charge in [0.25, 0.3) is 20.2 Å². The lowest BCUT2D eigenvalue weighted by Crippen LogP contribution is -2.25. The largest absolute Gasteiger partial charge is 0.329 e. The Morgan fingerprint density at radius 2 is 1.50 bits per heavy atom. The molecule has 0 aromatic carbocycles. The average molecular weight is 250 g/mol. The van der Waals surface area contributed by atoms with Gasteiger partial charge in [0.05, 0.1) is 5.75 Å². The Morgan fingerprint density at radius 3 is 1.50 bits per heavy atom. The molecule has 0 aliphatic heterocycles. The lowest BCUT2D eigenvalue weighted by molar-refractivity contribution is 0.471. The third-order valence-corrected chi connectivity index (χ3v) is 2.54. The molecule has 0 saturated heterocycles. The molecule has 0 aromatic heterocycles. The molecular formula is C4H14N2O6S2. The molecular weight excluding hydrogens is 236 g/mol. The summed E-state index contributed by atoms with van der Waals surface area (Å²) >= 11 is 0. The van der Waals surface area contributed by atoms with Crippen molar-refractivity contribution in [3.05, 3.63) is 0 Å². The van der Waals surface area contributed by atoms with Crippen LogP contribution in [0.1, 0.15) is 6.92 Å². The number of nitrogens with two attached hydrogens (primary N) is 2. The van der Waals surface area contributed by atoms with Crippen LogP contribution >= 0.6 is 0 Å². The van der Waals surface area contributed by atoms with Gasteiger partial charge in [0.2, 0.25) is 0 Å². The van der Waals surface area contributed by atoms with E-state index in [0.717, 1.165) is 0 Å². The van der Waals surface area contributed by atoms with Gasteiger partial charge in [-0.3, -0.25) is 9.11 Å². The standard InChI is InChI=1S/2C2H7NO3S/c1-2(3)7(4,5)6;3-1-2-7(4,5)6/h2H,3H2,1H3,(H,4,5,6);1-3H2,(H,4,5,6). The first-order valence-electron chi connectivity index (χ1n) is 3.38. The van der Waals surface area contributed by atoms with Crippen LogP contribution in [0.4, 0.5) is 0 Å². The monoisotopic (exact) mass is 250 g/mol. The van der Waals surface area contributed by atoms with Crippen molar-refractivity contribution in [3.8, 4) is 0 Å². The molecule has 0 saturated carbocycles. The van der Waals surface area contributed by atoms with Gasteiger partial charge in [0.15, 0.2) is 0 Å². The van der Waals surface area contributed by atoms with Crippen molar-refractivity contribution >= 4 is 20.2 Å². The highest BCUT2D eigenvalue weighted by Crippen LogP contribution is 1.84. The molecule has 8 nitrogen and oxygen atoms in total. The second-order valence-electron chi connectivity index (χ2n) is 2.29. The van der Waals surface area contributed by atoms with E-state index in [2.05, 4.69) is 0 Å². The molecule has 1 unspecified atom stereocenters. The van der Waals surface area contributed by atoms with E-state index in [1.807, 2.05) is 0 Å². The predicted molar refractivity (Wildman–Crippen MR) is 50.7 cm³/mol. The van der Waals surface area contributed by atoms with Crippen LogP contribution in [0.25, 0.3) is 0 Å². The van der Waals surface area contributed by atoms with Crippen molar-refractivity contribution in [2.45, 2.75) is 12.3 Å². The zero-order chi connectivity index (χ0) is 12.0. The van der Waals surface area contributed by atoms with Crippen LogP contribution in [-0.4, -0.2) is 43.6 Å². The first kappa shape index (κ1) is 16.2. The highest BCUT2D eigenvalue weighted by atomic mass is 32.2. The second-order valence-corrected chi connectivity index (χ2v) is 5.64. The van der Waals surface area contributed by atoms with E-state index in [1.54, 1.807) is 0 Å². The molecule has 1 atom stereocenters. The molecule has 0 rings (SSSR count). The van der Waals surface area contributed by atoms with Crippen LogP contribution in [0, 0.1) is 0 Å². The van der Waals surface area contributed by atoms with Crippen LogP contribution in [0.15, 0.2) is 0 Å². The molecule has 0 fully saturated rings. The minimum atomic E-state index is -3.96. The molecule has 0 aliphatic carbocycles. The normalized spacial score (nSPS) is 14.1. The third-order valence-electron chi connectivity index (χ3n) is 0.846. The van der Waals surface area contributed by atoms with E-state index >= 15 is 0 Å². The summed E-state index contributed by atoms with van der Waals surface area (Å²) < 4.78 is 54.8. The minimum absolute atomic E-state index is 0.0289. The van der Waals surface area contributed by atoms with Crippen molar-refractivity contribution in [2.24, 2.45) is 11.5 Å². The fourth-order valence-corrected chi connectivity index (χ4v) is 0.447. The second kappa shape index (κ2) is 6.27. The Kier molecular flexibility index (Phi) is 7.24. The van der Waals surface area contributed by atoms with E-state index < -0.39 is 25.6 Å². The van der Waals surface area contributed by atoms with Crippen molar-refractivity contribution in [1.82, 2.24) is 0 Å². The Balaban J connectivity index is 0. The summed E-state index contributed by atoms with van der Waals surface area (Å²) in [4.78, 5) is 0. The quantitative estimate of drug-likeness (QED) is 0.418. The molecule has 0 aliphatic rings. The maximum absolute atomic E-state index is 9.76. The highest BCUT2D eigenvalue weighted by molar-refractivity contribution is 7.86. The van der Waals surface area contributed by atoms with Gasteiger partial charge in [-0.1, -0.05) is 0 Å². The van der Waals surface area contributed by atoms with Gasteiger partial charge in [-0.05, 0) is 6.92 Å². The van der Waals surface area contributed by atoms with E-state index in [0.29, 0.717) is 0 Å². The fraction of sp³-hybridized carbons (Fsp3) is 1.00. The Morgan fingerprint density at radius 1 is 1.21 bits per heavy atom. The average Bonchev–Trinajstić information content (AvgIpc) is 1.82. The maximum Gasteiger partial charge on any atom is 0.280 e. The molecule has 0 aromatic rings. The van der Waals surface area contributed by atoms with E-state index in [1.165, 1.54) is 6.92 Å². The van der Waals surface area contributed by atoms with Crippen LogP contribution in [0.5, 0.6) is 0 Å². The molecule has 10 heteroatoms. The Bertz CT molecular complexity index is 331. The number of hydrogen-bond acceptors (Lipinski definition) is 6. The summed E-state index contributed by atoms with van der Waals surface area (Å²) in [6, 6.07) is 0. The molecule has 0 amide bonds. The highest BCUT2D eigenvalue weighted by Gasteiger charge is 2.09. The van der Waals surface area contributed by atoms with Crippen LogP contribution in [-0.2, 0) is 20.2 Å². The summed E-state index contributed by atoms with van der Waals surface area (Å²) in [5.74, 6) is -0.354. The van der Waals surface area contributed by atoms with Crippen LogP contribution in [0.2, 0.25) is 0 Å².